The van der Waals surface area contributed by atoms with E-state index in [1.807, 2.05) is 0 Å². The van der Waals surface area contributed by atoms with Crippen molar-refractivity contribution in [1.82, 2.24) is 5.32 Å². The first-order valence-electron chi connectivity index (χ1n) is 6.96. The molecule has 0 aromatic heterocycles. The monoisotopic (exact) mass is 326 g/mol. The van der Waals surface area contributed by atoms with Crippen molar-refractivity contribution >= 4 is 29.1 Å². The van der Waals surface area contributed by atoms with Crippen molar-refractivity contribution in [1.29, 1.82) is 0 Å². The summed E-state index contributed by atoms with van der Waals surface area (Å²) < 4.78 is 10.1. The van der Waals surface area contributed by atoms with Gasteiger partial charge < -0.3 is 20.1 Å². The first-order chi connectivity index (χ1) is 10.5. The molecule has 0 bridgehead atoms. The van der Waals surface area contributed by atoms with Gasteiger partial charge in [-0.2, -0.15) is 0 Å². The molecular weight excluding hydrogens is 308 g/mol. The minimum Gasteiger partial charge on any atom is -0.495 e. The highest BCUT2D eigenvalue weighted by molar-refractivity contribution is 6.31. The smallest absolute Gasteiger partial charge is 0.240 e. The van der Waals surface area contributed by atoms with Crippen LogP contribution in [0.4, 0.5) is 5.69 Å². The minimum absolute atomic E-state index is 0.275. The van der Waals surface area contributed by atoms with Crippen LogP contribution in [-0.4, -0.2) is 39.2 Å². The molecule has 0 saturated heterocycles. The number of benzene rings is 1. The summed E-state index contributed by atoms with van der Waals surface area (Å²) in [5, 5.41) is 5.92. The highest BCUT2D eigenvalue weighted by Crippen LogP contribution is 2.47. The van der Waals surface area contributed by atoms with E-state index in [0.29, 0.717) is 42.5 Å². The third kappa shape index (κ3) is 3.51. The Bertz CT molecular complexity index is 573. The third-order valence-electron chi connectivity index (χ3n) is 3.62. The lowest BCUT2D eigenvalue weighted by molar-refractivity contribution is -0.134. The van der Waals surface area contributed by atoms with Crippen LogP contribution in [0.3, 0.4) is 0 Å². The first kappa shape index (κ1) is 16.6. The van der Waals surface area contributed by atoms with Crippen LogP contribution in [0.15, 0.2) is 18.2 Å². The molecule has 1 aliphatic carbocycles. The number of methoxy groups -OCH3 is 2. The van der Waals surface area contributed by atoms with Crippen LogP contribution in [0.1, 0.15) is 12.8 Å². The SMILES string of the molecule is COCCNC(=O)C1(C(=O)Nc2cc(Cl)ccc2OC)CC1. The Morgan fingerprint density at radius 3 is 2.59 bits per heavy atom. The van der Waals surface area contributed by atoms with Crippen molar-refractivity contribution < 1.29 is 19.1 Å². The number of amides is 2. The van der Waals surface area contributed by atoms with Crippen molar-refractivity contribution in [3.63, 3.8) is 0 Å². The van der Waals surface area contributed by atoms with E-state index >= 15 is 0 Å². The molecule has 0 spiro atoms. The maximum Gasteiger partial charge on any atom is 0.240 e. The molecule has 1 fully saturated rings. The first-order valence-corrected chi connectivity index (χ1v) is 7.33. The summed E-state index contributed by atoms with van der Waals surface area (Å²) in [6.07, 6.45) is 1.06. The molecule has 0 aliphatic heterocycles. The predicted octanol–water partition coefficient (Wildman–Crippen LogP) is 1.83. The second kappa shape index (κ2) is 6.98. The summed E-state index contributed by atoms with van der Waals surface area (Å²) in [6, 6.07) is 4.92. The van der Waals surface area contributed by atoms with Gasteiger partial charge in [0.25, 0.3) is 0 Å². The van der Waals surface area contributed by atoms with E-state index < -0.39 is 5.41 Å². The average Bonchev–Trinajstić information content (AvgIpc) is 3.29. The van der Waals surface area contributed by atoms with Crippen LogP contribution in [-0.2, 0) is 14.3 Å². The summed E-state index contributed by atoms with van der Waals surface area (Å²) in [5.74, 6) is -0.126. The number of halogens is 1. The molecule has 1 aliphatic rings. The van der Waals surface area contributed by atoms with Crippen molar-refractivity contribution in [2.75, 3.05) is 32.7 Å². The standard InChI is InChI=1S/C15H19ClN2O4/c1-21-8-7-17-13(19)15(5-6-15)14(20)18-11-9-10(16)3-4-12(11)22-2/h3-4,9H,5-8H2,1-2H3,(H,17,19)(H,18,20). The van der Waals surface area contributed by atoms with Gasteiger partial charge in [0.15, 0.2) is 0 Å². The van der Waals surface area contributed by atoms with E-state index in [4.69, 9.17) is 21.1 Å². The molecule has 2 rings (SSSR count). The minimum atomic E-state index is -0.999. The second-order valence-electron chi connectivity index (χ2n) is 5.13. The highest BCUT2D eigenvalue weighted by atomic mass is 35.5. The quantitative estimate of drug-likeness (QED) is 0.592. The lowest BCUT2D eigenvalue weighted by Gasteiger charge is -2.17. The van der Waals surface area contributed by atoms with Gasteiger partial charge in [0, 0.05) is 18.7 Å². The molecule has 1 saturated carbocycles. The average molecular weight is 327 g/mol. The van der Waals surface area contributed by atoms with E-state index in [1.54, 1.807) is 25.3 Å². The normalized spacial score (nSPS) is 15.0. The van der Waals surface area contributed by atoms with Gasteiger partial charge in [0.2, 0.25) is 11.8 Å². The molecular formula is C15H19ClN2O4. The zero-order chi connectivity index (χ0) is 16.2. The zero-order valence-corrected chi connectivity index (χ0v) is 13.3. The van der Waals surface area contributed by atoms with Gasteiger partial charge in [0.05, 0.1) is 19.4 Å². The van der Waals surface area contributed by atoms with E-state index in [9.17, 15) is 9.59 Å². The molecule has 0 unspecified atom stereocenters. The molecule has 2 amide bonds. The zero-order valence-electron chi connectivity index (χ0n) is 12.6. The Morgan fingerprint density at radius 1 is 1.27 bits per heavy atom. The van der Waals surface area contributed by atoms with E-state index in [-0.39, 0.29) is 11.8 Å². The second-order valence-corrected chi connectivity index (χ2v) is 5.57. The summed E-state index contributed by atoms with van der Waals surface area (Å²) in [5.41, 5.74) is -0.544. The van der Waals surface area contributed by atoms with Gasteiger partial charge >= 0.3 is 0 Å². The molecule has 1 aromatic carbocycles. The molecule has 0 radical (unpaired) electrons. The van der Waals surface area contributed by atoms with E-state index in [2.05, 4.69) is 10.6 Å². The highest BCUT2D eigenvalue weighted by Gasteiger charge is 2.56. The molecule has 1 aromatic rings. The van der Waals surface area contributed by atoms with Gasteiger partial charge in [-0.05, 0) is 31.0 Å². The topological polar surface area (TPSA) is 76.7 Å². The summed E-state index contributed by atoms with van der Waals surface area (Å²) in [6.45, 7) is 0.788. The maximum absolute atomic E-state index is 12.4. The summed E-state index contributed by atoms with van der Waals surface area (Å²) in [4.78, 5) is 24.6. The van der Waals surface area contributed by atoms with Crippen molar-refractivity contribution in [3.05, 3.63) is 23.2 Å². The Kier molecular flexibility index (Phi) is 5.26. The van der Waals surface area contributed by atoms with E-state index in [0.717, 1.165) is 0 Å². The Morgan fingerprint density at radius 2 is 2.00 bits per heavy atom. The van der Waals surface area contributed by atoms with E-state index in [1.165, 1.54) is 7.11 Å². The van der Waals surface area contributed by atoms with Crippen LogP contribution < -0.4 is 15.4 Å². The molecule has 6 nitrogen and oxygen atoms in total. The fourth-order valence-electron chi connectivity index (χ4n) is 2.14. The van der Waals surface area contributed by atoms with Crippen LogP contribution >= 0.6 is 11.6 Å². The van der Waals surface area contributed by atoms with Gasteiger partial charge in [-0.15, -0.1) is 0 Å². The Hall–Kier alpha value is -1.79. The Labute approximate surface area is 134 Å². The summed E-state index contributed by atoms with van der Waals surface area (Å²) >= 11 is 5.93. The number of nitrogens with one attached hydrogen (secondary N) is 2. The fourth-order valence-corrected chi connectivity index (χ4v) is 2.31. The molecule has 0 heterocycles. The molecule has 2 N–H and O–H groups in total. The van der Waals surface area contributed by atoms with Gasteiger partial charge in [-0.3, -0.25) is 9.59 Å². The van der Waals surface area contributed by atoms with Crippen LogP contribution in [0.5, 0.6) is 5.75 Å². The lowest BCUT2D eigenvalue weighted by atomic mass is 10.0. The maximum atomic E-state index is 12.4. The Balaban J connectivity index is 2.06. The number of carbonyl (C=O) groups excluding carboxylic acids is 2. The lowest BCUT2D eigenvalue weighted by Crippen LogP contribution is -2.41. The van der Waals surface area contributed by atoms with Gasteiger partial charge in [-0.1, -0.05) is 11.6 Å². The fraction of sp³-hybridized carbons (Fsp3) is 0.467. The van der Waals surface area contributed by atoms with Gasteiger partial charge in [0.1, 0.15) is 11.2 Å². The van der Waals surface area contributed by atoms with Gasteiger partial charge in [-0.25, -0.2) is 0 Å². The largest absolute Gasteiger partial charge is 0.495 e. The van der Waals surface area contributed by atoms with Crippen molar-refractivity contribution in [2.24, 2.45) is 5.41 Å². The summed E-state index contributed by atoms with van der Waals surface area (Å²) in [7, 11) is 3.06. The van der Waals surface area contributed by atoms with Crippen molar-refractivity contribution in [2.45, 2.75) is 12.8 Å². The molecule has 7 heteroatoms. The number of ether oxygens (including phenoxy) is 2. The number of hydrogen-bond donors (Lipinski definition) is 2. The van der Waals surface area contributed by atoms with Crippen LogP contribution in [0.25, 0.3) is 0 Å². The molecule has 0 atom stereocenters. The molecule has 120 valence electrons. The van der Waals surface area contributed by atoms with Crippen molar-refractivity contribution in [3.8, 4) is 5.75 Å². The number of rotatable bonds is 7. The number of hydrogen-bond acceptors (Lipinski definition) is 4. The number of carbonyl (C=O) groups is 2. The predicted molar refractivity (Wildman–Crippen MR) is 83.2 cm³/mol. The van der Waals surface area contributed by atoms with Crippen LogP contribution in [0, 0.1) is 5.41 Å². The number of anilines is 1. The third-order valence-corrected chi connectivity index (χ3v) is 3.86. The van der Waals surface area contributed by atoms with Crippen LogP contribution in [0.2, 0.25) is 5.02 Å². The molecule has 22 heavy (non-hydrogen) atoms.